The summed E-state index contributed by atoms with van der Waals surface area (Å²) >= 11 is 0. The topological polar surface area (TPSA) is 90.5 Å². The molecular formula is C24H26N4O3. The number of nitrogens with zero attached hydrogens (tertiary/aromatic N) is 1. The fourth-order valence-electron chi connectivity index (χ4n) is 4.52. The highest BCUT2D eigenvalue weighted by Crippen LogP contribution is 2.28. The van der Waals surface area contributed by atoms with Gasteiger partial charge in [0.1, 0.15) is 6.04 Å². The largest absolute Gasteiger partial charge is 0.322 e. The van der Waals surface area contributed by atoms with Crippen molar-refractivity contribution in [2.24, 2.45) is 0 Å². The maximum absolute atomic E-state index is 12.8. The van der Waals surface area contributed by atoms with E-state index in [1.165, 1.54) is 11.1 Å². The first-order valence-electron chi connectivity index (χ1n) is 10.9. The predicted molar refractivity (Wildman–Crippen MR) is 115 cm³/mol. The number of benzene rings is 2. The lowest BCUT2D eigenvalue weighted by Crippen LogP contribution is -2.52. The number of hydrogen-bond donors (Lipinski definition) is 3. The summed E-state index contributed by atoms with van der Waals surface area (Å²) in [5.41, 5.74) is 5.33. The van der Waals surface area contributed by atoms with Gasteiger partial charge in [0, 0.05) is 50.6 Å². The minimum Gasteiger partial charge on any atom is -0.322 e. The predicted octanol–water partition coefficient (Wildman–Crippen LogP) is 1.42. The van der Waals surface area contributed by atoms with Crippen molar-refractivity contribution in [1.29, 1.82) is 0 Å². The van der Waals surface area contributed by atoms with Gasteiger partial charge in [-0.05, 0) is 34.7 Å². The lowest BCUT2D eigenvalue weighted by molar-refractivity contribution is -0.136. The van der Waals surface area contributed by atoms with Crippen LogP contribution in [-0.4, -0.2) is 41.8 Å². The van der Waals surface area contributed by atoms with E-state index in [9.17, 15) is 14.4 Å². The molecule has 3 heterocycles. The number of hydrogen-bond acceptors (Lipinski definition) is 5. The van der Waals surface area contributed by atoms with Crippen molar-refractivity contribution in [3.05, 3.63) is 70.3 Å². The molecule has 0 radical (unpaired) electrons. The number of carbonyl (C=O) groups is 3. The zero-order chi connectivity index (χ0) is 21.4. The van der Waals surface area contributed by atoms with Crippen LogP contribution in [0.1, 0.15) is 51.4 Å². The van der Waals surface area contributed by atoms with Crippen LogP contribution in [0.4, 0.5) is 0 Å². The van der Waals surface area contributed by atoms with E-state index in [1.807, 2.05) is 18.2 Å². The van der Waals surface area contributed by atoms with Crippen molar-refractivity contribution < 1.29 is 14.4 Å². The Morgan fingerprint density at radius 1 is 0.968 bits per heavy atom. The number of piperidine rings is 1. The van der Waals surface area contributed by atoms with Crippen molar-refractivity contribution in [3.63, 3.8) is 0 Å². The average Bonchev–Trinajstić information content (AvgIpc) is 3.04. The van der Waals surface area contributed by atoms with E-state index in [4.69, 9.17) is 0 Å². The molecule has 3 N–H and O–H groups in total. The summed E-state index contributed by atoms with van der Waals surface area (Å²) in [4.78, 5) is 37.9. The van der Waals surface area contributed by atoms with Gasteiger partial charge >= 0.3 is 0 Å². The van der Waals surface area contributed by atoms with Gasteiger partial charge < -0.3 is 15.5 Å². The van der Waals surface area contributed by atoms with Crippen LogP contribution in [-0.2, 0) is 29.2 Å². The van der Waals surface area contributed by atoms with E-state index >= 15 is 0 Å². The molecule has 2 aromatic rings. The molecule has 2 saturated heterocycles. The maximum atomic E-state index is 12.8. The fourth-order valence-corrected chi connectivity index (χ4v) is 4.52. The second-order valence-corrected chi connectivity index (χ2v) is 8.59. The van der Waals surface area contributed by atoms with E-state index in [-0.39, 0.29) is 24.1 Å². The lowest BCUT2D eigenvalue weighted by atomic mass is 9.93. The zero-order valence-electron chi connectivity index (χ0n) is 17.3. The third-order valence-electron chi connectivity index (χ3n) is 6.48. The standard InChI is InChI=1S/C24H26N4O3/c29-22-8-7-21(23(30)27-22)28-14-18-9-16(3-6-20(18)24(28)31)11-25-10-15-1-4-17(5-2-15)19-12-26-13-19/h1-6,9,19,21,25-26H,7-8,10-14H2,(H,27,29,30). The minimum absolute atomic E-state index is 0.134. The highest BCUT2D eigenvalue weighted by Gasteiger charge is 2.39. The van der Waals surface area contributed by atoms with Crippen LogP contribution in [0.2, 0.25) is 0 Å². The number of nitrogens with one attached hydrogen (secondary N) is 3. The van der Waals surface area contributed by atoms with Crippen LogP contribution in [0.15, 0.2) is 42.5 Å². The molecule has 2 aromatic carbocycles. The fraction of sp³-hybridized carbons (Fsp3) is 0.375. The highest BCUT2D eigenvalue weighted by molar-refractivity contribution is 6.05. The Labute approximate surface area is 181 Å². The van der Waals surface area contributed by atoms with Gasteiger partial charge in [-0.1, -0.05) is 36.4 Å². The van der Waals surface area contributed by atoms with Gasteiger partial charge in [-0.25, -0.2) is 0 Å². The van der Waals surface area contributed by atoms with Crippen LogP contribution in [0, 0.1) is 0 Å². The van der Waals surface area contributed by atoms with Gasteiger partial charge in [-0.3, -0.25) is 19.7 Å². The van der Waals surface area contributed by atoms with Crippen molar-refractivity contribution >= 4 is 17.7 Å². The zero-order valence-corrected chi connectivity index (χ0v) is 17.3. The molecule has 0 aliphatic carbocycles. The van der Waals surface area contributed by atoms with Crippen molar-refractivity contribution in [2.45, 2.75) is 44.4 Å². The molecule has 0 bridgehead atoms. The number of imide groups is 1. The molecule has 160 valence electrons. The molecule has 3 aliphatic rings. The average molecular weight is 418 g/mol. The quantitative estimate of drug-likeness (QED) is 0.618. The molecule has 0 spiro atoms. The molecule has 3 aliphatic heterocycles. The van der Waals surface area contributed by atoms with E-state index in [0.29, 0.717) is 31.0 Å². The van der Waals surface area contributed by atoms with Crippen molar-refractivity contribution in [3.8, 4) is 0 Å². The number of fused-ring (bicyclic) bond motifs is 1. The molecule has 1 unspecified atom stereocenters. The summed E-state index contributed by atoms with van der Waals surface area (Å²) in [6, 6.07) is 14.1. The van der Waals surface area contributed by atoms with E-state index in [1.54, 1.807) is 4.90 Å². The summed E-state index contributed by atoms with van der Waals surface area (Å²) in [7, 11) is 0. The Kier molecular flexibility index (Phi) is 5.29. The van der Waals surface area contributed by atoms with E-state index in [2.05, 4.69) is 40.2 Å². The molecule has 2 fully saturated rings. The van der Waals surface area contributed by atoms with Crippen LogP contribution in [0.5, 0.6) is 0 Å². The summed E-state index contributed by atoms with van der Waals surface area (Å²) < 4.78 is 0. The maximum Gasteiger partial charge on any atom is 0.255 e. The summed E-state index contributed by atoms with van der Waals surface area (Å²) in [6.07, 6.45) is 0.652. The molecule has 7 heteroatoms. The second kappa shape index (κ2) is 8.24. The summed E-state index contributed by atoms with van der Waals surface area (Å²) in [5.74, 6) is -0.131. The number of carbonyl (C=O) groups excluding carboxylic acids is 3. The first-order valence-corrected chi connectivity index (χ1v) is 10.9. The van der Waals surface area contributed by atoms with E-state index < -0.39 is 6.04 Å². The molecule has 31 heavy (non-hydrogen) atoms. The van der Waals surface area contributed by atoms with E-state index in [0.717, 1.165) is 30.8 Å². The van der Waals surface area contributed by atoms with Crippen LogP contribution < -0.4 is 16.0 Å². The Morgan fingerprint density at radius 2 is 1.71 bits per heavy atom. The number of amides is 3. The normalized spacial score (nSPS) is 21.1. The third kappa shape index (κ3) is 3.98. The number of rotatable bonds is 6. The third-order valence-corrected chi connectivity index (χ3v) is 6.48. The Balaban J connectivity index is 1.18. The van der Waals surface area contributed by atoms with Crippen LogP contribution in [0.25, 0.3) is 0 Å². The second-order valence-electron chi connectivity index (χ2n) is 8.59. The monoisotopic (exact) mass is 418 g/mol. The summed E-state index contributed by atoms with van der Waals surface area (Å²) in [5, 5.41) is 9.11. The Hall–Kier alpha value is -3.03. The molecule has 3 amide bonds. The molecule has 5 rings (SSSR count). The molecular weight excluding hydrogens is 392 g/mol. The lowest BCUT2D eigenvalue weighted by Gasteiger charge is -2.29. The molecule has 1 atom stereocenters. The van der Waals surface area contributed by atoms with Crippen molar-refractivity contribution in [2.75, 3.05) is 13.1 Å². The Bertz CT molecular complexity index is 1030. The van der Waals surface area contributed by atoms with Gasteiger partial charge in [-0.15, -0.1) is 0 Å². The van der Waals surface area contributed by atoms with Gasteiger partial charge in [0.05, 0.1) is 0 Å². The Morgan fingerprint density at radius 3 is 2.42 bits per heavy atom. The molecule has 7 nitrogen and oxygen atoms in total. The first-order chi connectivity index (χ1) is 15.1. The SMILES string of the molecule is O=C1CCC(N2Cc3cc(CNCc4ccc(C5CNC5)cc4)ccc3C2=O)C(=O)N1. The molecule has 0 aromatic heterocycles. The summed E-state index contributed by atoms with van der Waals surface area (Å²) in [6.45, 7) is 4.03. The van der Waals surface area contributed by atoms with Crippen molar-refractivity contribution in [1.82, 2.24) is 20.9 Å². The van der Waals surface area contributed by atoms with Gasteiger partial charge in [0.2, 0.25) is 11.8 Å². The smallest absolute Gasteiger partial charge is 0.255 e. The van der Waals surface area contributed by atoms with Gasteiger partial charge in [0.15, 0.2) is 0 Å². The van der Waals surface area contributed by atoms with Crippen LogP contribution in [0.3, 0.4) is 0 Å². The highest BCUT2D eigenvalue weighted by atomic mass is 16.2. The van der Waals surface area contributed by atoms with Gasteiger partial charge in [0.25, 0.3) is 5.91 Å². The van der Waals surface area contributed by atoms with Gasteiger partial charge in [-0.2, -0.15) is 0 Å². The molecule has 0 saturated carbocycles. The van der Waals surface area contributed by atoms with Crippen LogP contribution >= 0.6 is 0 Å². The minimum atomic E-state index is -0.571. The first kappa shape index (κ1) is 19.9.